The maximum atomic E-state index is 12.4. The second-order valence-electron chi connectivity index (χ2n) is 6.63. The first-order chi connectivity index (χ1) is 13.0. The van der Waals surface area contributed by atoms with Crippen molar-refractivity contribution >= 4 is 44.2 Å². The predicted molar refractivity (Wildman–Crippen MR) is 106 cm³/mol. The number of rotatable bonds is 4. The number of aromatic nitrogens is 1. The predicted octanol–water partition coefficient (Wildman–Crippen LogP) is 3.47. The monoisotopic (exact) mass is 381 g/mol. The van der Waals surface area contributed by atoms with E-state index in [1.807, 2.05) is 6.07 Å². The normalized spacial score (nSPS) is 14.1. The van der Waals surface area contributed by atoms with E-state index in [1.54, 1.807) is 35.6 Å². The van der Waals surface area contributed by atoms with Crippen LogP contribution < -0.4 is 10.2 Å². The molecule has 1 N–H and O–H groups in total. The second kappa shape index (κ2) is 7.00. The summed E-state index contributed by atoms with van der Waals surface area (Å²) in [5.74, 6) is -0.485. The first kappa shape index (κ1) is 17.5. The number of fused-ring (bicyclic) bond motifs is 1. The minimum Gasteiger partial charge on any atom is -0.465 e. The number of anilines is 2. The molecule has 1 fully saturated rings. The first-order valence-corrected chi connectivity index (χ1v) is 9.46. The minimum absolute atomic E-state index is 0.0194. The van der Waals surface area contributed by atoms with E-state index >= 15 is 0 Å². The van der Waals surface area contributed by atoms with Crippen molar-refractivity contribution in [3.8, 4) is 0 Å². The second-order valence-corrected chi connectivity index (χ2v) is 7.64. The van der Waals surface area contributed by atoms with Gasteiger partial charge in [0, 0.05) is 18.8 Å². The Bertz CT molecular complexity index is 1010. The number of esters is 1. The number of thiazole rings is 1. The molecule has 4 rings (SSSR count). The molecule has 1 saturated heterocycles. The Morgan fingerprint density at radius 2 is 1.93 bits per heavy atom. The molecule has 0 spiro atoms. The number of carbonyl (C=O) groups excluding carboxylic acids is 2. The lowest BCUT2D eigenvalue weighted by Crippen LogP contribution is -2.52. The zero-order valence-electron chi connectivity index (χ0n) is 15.1. The van der Waals surface area contributed by atoms with Crippen LogP contribution in [0.3, 0.4) is 0 Å². The summed E-state index contributed by atoms with van der Waals surface area (Å²) >= 11 is 1.66. The number of benzene rings is 2. The molecule has 1 aromatic heterocycles. The highest BCUT2D eigenvalue weighted by Crippen LogP contribution is 2.33. The molecule has 27 heavy (non-hydrogen) atoms. The topological polar surface area (TPSA) is 71.5 Å². The van der Waals surface area contributed by atoms with Crippen molar-refractivity contribution in [2.75, 3.05) is 30.4 Å². The van der Waals surface area contributed by atoms with Crippen LogP contribution in [-0.4, -0.2) is 37.1 Å². The summed E-state index contributed by atoms with van der Waals surface area (Å²) in [6.45, 7) is 3.39. The summed E-state index contributed by atoms with van der Waals surface area (Å²) in [4.78, 5) is 30.6. The summed E-state index contributed by atoms with van der Waals surface area (Å²) in [7, 11) is 1.34. The zero-order valence-corrected chi connectivity index (χ0v) is 15.9. The summed E-state index contributed by atoms with van der Waals surface area (Å²) in [5, 5.41) is 3.86. The van der Waals surface area contributed by atoms with Gasteiger partial charge >= 0.3 is 5.97 Å². The highest BCUT2D eigenvalue weighted by atomic mass is 32.1. The number of carbonyl (C=O) groups is 2. The van der Waals surface area contributed by atoms with Crippen molar-refractivity contribution in [2.45, 2.75) is 6.92 Å². The van der Waals surface area contributed by atoms with Gasteiger partial charge in [-0.2, -0.15) is 0 Å². The van der Waals surface area contributed by atoms with Crippen molar-refractivity contribution in [1.82, 2.24) is 4.98 Å². The van der Waals surface area contributed by atoms with Gasteiger partial charge in [0.15, 0.2) is 5.13 Å². The van der Waals surface area contributed by atoms with Gasteiger partial charge in [-0.1, -0.05) is 17.4 Å². The van der Waals surface area contributed by atoms with Crippen molar-refractivity contribution < 1.29 is 14.3 Å². The Morgan fingerprint density at radius 3 is 2.63 bits per heavy atom. The molecule has 138 valence electrons. The molecular formula is C20H19N3O3S. The van der Waals surface area contributed by atoms with Gasteiger partial charge in [-0.3, -0.25) is 4.79 Å². The van der Waals surface area contributed by atoms with Crippen LogP contribution in [0.1, 0.15) is 15.9 Å². The lowest BCUT2D eigenvalue weighted by Gasteiger charge is -2.37. The third-order valence-corrected chi connectivity index (χ3v) is 5.71. The number of methoxy groups -OCH3 is 1. The Kier molecular flexibility index (Phi) is 4.53. The SMILES string of the molecule is COC(=O)c1ccc(NC(=O)C2CN(c3nc4ccc(C)cc4s3)C2)cc1. The molecule has 1 aliphatic heterocycles. The maximum absolute atomic E-state index is 12.4. The molecule has 6 nitrogen and oxygen atoms in total. The van der Waals surface area contributed by atoms with Gasteiger partial charge < -0.3 is 15.0 Å². The van der Waals surface area contributed by atoms with Crippen molar-refractivity contribution in [3.63, 3.8) is 0 Å². The molecule has 2 aromatic carbocycles. The minimum atomic E-state index is -0.395. The van der Waals surface area contributed by atoms with Crippen molar-refractivity contribution in [3.05, 3.63) is 53.6 Å². The fourth-order valence-electron chi connectivity index (χ4n) is 3.01. The van der Waals surface area contributed by atoms with Crippen molar-refractivity contribution in [1.29, 1.82) is 0 Å². The van der Waals surface area contributed by atoms with Gasteiger partial charge in [0.25, 0.3) is 0 Å². The van der Waals surface area contributed by atoms with Crippen LogP contribution in [0.5, 0.6) is 0 Å². The summed E-state index contributed by atoms with van der Waals surface area (Å²) in [6, 6.07) is 12.9. The molecule has 0 unspecified atom stereocenters. The van der Waals surface area contributed by atoms with E-state index in [4.69, 9.17) is 0 Å². The molecule has 1 amide bonds. The quantitative estimate of drug-likeness (QED) is 0.701. The molecule has 0 saturated carbocycles. The highest BCUT2D eigenvalue weighted by Gasteiger charge is 2.34. The van der Waals surface area contributed by atoms with E-state index in [9.17, 15) is 9.59 Å². The lowest BCUT2D eigenvalue weighted by atomic mass is 10.00. The van der Waals surface area contributed by atoms with Crippen molar-refractivity contribution in [2.24, 2.45) is 5.92 Å². The van der Waals surface area contributed by atoms with E-state index in [2.05, 4.69) is 39.0 Å². The molecule has 2 heterocycles. The number of nitrogens with one attached hydrogen (secondary N) is 1. The van der Waals surface area contributed by atoms with Gasteiger partial charge in [-0.05, 0) is 48.9 Å². The van der Waals surface area contributed by atoms with Gasteiger partial charge in [0.05, 0.1) is 28.8 Å². The molecule has 0 radical (unpaired) electrons. The maximum Gasteiger partial charge on any atom is 0.337 e. The largest absolute Gasteiger partial charge is 0.465 e. The van der Waals surface area contributed by atoms with Crippen LogP contribution in [0.15, 0.2) is 42.5 Å². The Balaban J connectivity index is 1.35. The van der Waals surface area contributed by atoms with Crippen LogP contribution in [0.4, 0.5) is 10.8 Å². The lowest BCUT2D eigenvalue weighted by molar-refractivity contribution is -0.120. The standard InChI is InChI=1S/C20H19N3O3S/c1-12-3-8-16-17(9-12)27-20(22-16)23-10-14(11-23)18(24)21-15-6-4-13(5-7-15)19(25)26-2/h3-9,14H,10-11H2,1-2H3,(H,21,24). The van der Waals surface area contributed by atoms with Crippen LogP contribution >= 0.6 is 11.3 Å². The Hall–Kier alpha value is -2.93. The van der Waals surface area contributed by atoms with E-state index in [-0.39, 0.29) is 11.8 Å². The van der Waals surface area contributed by atoms with Crippen LogP contribution in [-0.2, 0) is 9.53 Å². The van der Waals surface area contributed by atoms with Gasteiger partial charge in [0.1, 0.15) is 0 Å². The Morgan fingerprint density at radius 1 is 1.19 bits per heavy atom. The molecule has 0 aliphatic carbocycles. The number of hydrogen-bond donors (Lipinski definition) is 1. The molecule has 0 atom stereocenters. The van der Waals surface area contributed by atoms with Crippen LogP contribution in [0.2, 0.25) is 0 Å². The average molecular weight is 381 g/mol. The molecule has 0 bridgehead atoms. The van der Waals surface area contributed by atoms with Gasteiger partial charge in [0.2, 0.25) is 5.91 Å². The number of hydrogen-bond acceptors (Lipinski definition) is 6. The van der Waals surface area contributed by atoms with Crippen LogP contribution in [0.25, 0.3) is 10.2 Å². The van der Waals surface area contributed by atoms with E-state index in [1.165, 1.54) is 17.4 Å². The van der Waals surface area contributed by atoms with E-state index in [0.29, 0.717) is 24.3 Å². The number of nitrogens with zero attached hydrogens (tertiary/aromatic N) is 2. The Labute approximate surface area is 160 Å². The number of amides is 1. The molecule has 1 aliphatic rings. The van der Waals surface area contributed by atoms with Gasteiger partial charge in [-0.15, -0.1) is 0 Å². The third-order valence-electron chi connectivity index (χ3n) is 4.63. The molecule has 3 aromatic rings. The zero-order chi connectivity index (χ0) is 19.0. The summed E-state index contributed by atoms with van der Waals surface area (Å²) in [6.07, 6.45) is 0. The van der Waals surface area contributed by atoms with Gasteiger partial charge in [-0.25, -0.2) is 9.78 Å². The highest BCUT2D eigenvalue weighted by molar-refractivity contribution is 7.22. The first-order valence-electron chi connectivity index (χ1n) is 8.65. The number of ether oxygens (including phenoxy) is 1. The smallest absolute Gasteiger partial charge is 0.337 e. The van der Waals surface area contributed by atoms with E-state index in [0.717, 1.165) is 10.6 Å². The average Bonchev–Trinajstić information content (AvgIpc) is 3.02. The molecular weight excluding hydrogens is 362 g/mol. The fraction of sp³-hybridized carbons (Fsp3) is 0.250. The number of aryl methyl sites for hydroxylation is 1. The van der Waals surface area contributed by atoms with Crippen LogP contribution in [0, 0.1) is 12.8 Å². The van der Waals surface area contributed by atoms with E-state index < -0.39 is 5.97 Å². The third kappa shape index (κ3) is 3.50. The fourth-order valence-corrected chi connectivity index (χ4v) is 4.09. The summed E-state index contributed by atoms with van der Waals surface area (Å²) < 4.78 is 5.84. The molecule has 7 heteroatoms. The summed E-state index contributed by atoms with van der Waals surface area (Å²) in [5.41, 5.74) is 3.34.